The van der Waals surface area contributed by atoms with Gasteiger partial charge in [-0.05, 0) is 29.8 Å². The van der Waals surface area contributed by atoms with Crippen molar-refractivity contribution in [1.82, 2.24) is 9.80 Å². The predicted molar refractivity (Wildman–Crippen MR) is 139 cm³/mol. The van der Waals surface area contributed by atoms with Crippen molar-refractivity contribution in [3.8, 4) is 11.5 Å². The van der Waals surface area contributed by atoms with Crippen LogP contribution in [0.3, 0.4) is 0 Å². The summed E-state index contributed by atoms with van der Waals surface area (Å²) in [5.41, 5.74) is 1.55. The normalized spacial score (nSPS) is 14.3. The lowest BCUT2D eigenvalue weighted by atomic mass is 10.2. The topological polar surface area (TPSA) is 79.4 Å². The molecule has 0 bridgehead atoms. The predicted octanol–water partition coefficient (Wildman–Crippen LogP) is 3.24. The largest absolute Gasteiger partial charge is 0.493 e. The number of hydrogen-bond donors (Lipinski definition) is 0. The second-order valence-electron chi connectivity index (χ2n) is 8.51. The van der Waals surface area contributed by atoms with Crippen molar-refractivity contribution in [3.63, 3.8) is 0 Å². The van der Waals surface area contributed by atoms with Gasteiger partial charge >= 0.3 is 0 Å². The van der Waals surface area contributed by atoms with Gasteiger partial charge in [0.25, 0.3) is 10.0 Å². The molecule has 1 amide bonds. The Labute approximate surface area is 212 Å². The molecular formula is C27H31N3O5S. The minimum atomic E-state index is -4.00. The molecule has 1 fully saturated rings. The molecule has 0 aliphatic carbocycles. The average Bonchev–Trinajstić information content (AvgIpc) is 2.92. The number of methoxy groups -OCH3 is 2. The maximum absolute atomic E-state index is 13.6. The van der Waals surface area contributed by atoms with Gasteiger partial charge in [0.05, 0.1) is 24.8 Å². The SMILES string of the molecule is COc1ccc(N(CC(=O)N2CCN(Cc3ccccc3)CC2)S(=O)(=O)c2ccccc2)cc1OC. The summed E-state index contributed by atoms with van der Waals surface area (Å²) in [7, 11) is -1.01. The summed E-state index contributed by atoms with van der Waals surface area (Å²) >= 11 is 0. The van der Waals surface area contributed by atoms with Gasteiger partial charge in [-0.3, -0.25) is 14.0 Å². The number of amides is 1. The minimum absolute atomic E-state index is 0.111. The van der Waals surface area contributed by atoms with Crippen molar-refractivity contribution in [2.45, 2.75) is 11.4 Å². The zero-order chi connectivity index (χ0) is 25.5. The van der Waals surface area contributed by atoms with Crippen LogP contribution in [-0.4, -0.2) is 71.1 Å². The molecule has 0 radical (unpaired) electrons. The van der Waals surface area contributed by atoms with Gasteiger partial charge < -0.3 is 14.4 Å². The lowest BCUT2D eigenvalue weighted by molar-refractivity contribution is -0.131. The highest BCUT2D eigenvalue weighted by atomic mass is 32.2. The number of piperazine rings is 1. The number of rotatable bonds is 9. The van der Waals surface area contributed by atoms with Crippen LogP contribution in [0.1, 0.15) is 5.56 Å². The van der Waals surface area contributed by atoms with E-state index in [9.17, 15) is 13.2 Å². The number of carbonyl (C=O) groups is 1. The minimum Gasteiger partial charge on any atom is -0.493 e. The molecule has 1 aliphatic rings. The molecule has 0 saturated carbocycles. The summed E-state index contributed by atoms with van der Waals surface area (Å²) in [4.78, 5) is 17.5. The number of hydrogen-bond acceptors (Lipinski definition) is 6. The van der Waals surface area contributed by atoms with Crippen LogP contribution in [0, 0.1) is 0 Å². The van der Waals surface area contributed by atoms with E-state index in [-0.39, 0.29) is 17.3 Å². The van der Waals surface area contributed by atoms with E-state index in [0.717, 1.165) is 23.9 Å². The summed E-state index contributed by atoms with van der Waals surface area (Å²) in [6.07, 6.45) is 0. The third-order valence-electron chi connectivity index (χ3n) is 6.24. The maximum Gasteiger partial charge on any atom is 0.264 e. The van der Waals surface area contributed by atoms with E-state index >= 15 is 0 Å². The summed E-state index contributed by atoms with van der Waals surface area (Å²) < 4.78 is 39.1. The van der Waals surface area contributed by atoms with Crippen molar-refractivity contribution < 1.29 is 22.7 Å². The number of ether oxygens (including phenoxy) is 2. The Morgan fingerprint density at radius 2 is 1.44 bits per heavy atom. The van der Waals surface area contributed by atoms with Crippen LogP contribution in [0.5, 0.6) is 11.5 Å². The molecule has 36 heavy (non-hydrogen) atoms. The van der Waals surface area contributed by atoms with Gasteiger partial charge in [0.15, 0.2) is 11.5 Å². The van der Waals surface area contributed by atoms with Crippen LogP contribution in [-0.2, 0) is 21.4 Å². The van der Waals surface area contributed by atoms with Crippen molar-refractivity contribution in [3.05, 3.63) is 84.4 Å². The first kappa shape index (κ1) is 25.5. The Bertz CT molecular complexity index is 1260. The standard InChI is InChI=1S/C27H31N3O5S/c1-34-25-14-13-23(19-26(25)35-2)30(36(32,33)24-11-7-4-8-12-24)21-27(31)29-17-15-28(16-18-29)20-22-9-5-3-6-10-22/h3-14,19H,15-18,20-21H2,1-2H3. The first-order chi connectivity index (χ1) is 17.4. The second kappa shape index (κ2) is 11.5. The lowest BCUT2D eigenvalue weighted by Gasteiger charge is -2.36. The Hall–Kier alpha value is -3.56. The Morgan fingerprint density at radius 1 is 0.833 bits per heavy atom. The van der Waals surface area contributed by atoms with Crippen molar-refractivity contribution in [2.75, 3.05) is 51.2 Å². The maximum atomic E-state index is 13.6. The number of nitrogens with zero attached hydrogens (tertiary/aromatic N) is 3. The van der Waals surface area contributed by atoms with Crippen molar-refractivity contribution in [2.24, 2.45) is 0 Å². The van der Waals surface area contributed by atoms with Gasteiger partial charge in [-0.15, -0.1) is 0 Å². The van der Waals surface area contributed by atoms with E-state index in [1.54, 1.807) is 41.3 Å². The second-order valence-corrected chi connectivity index (χ2v) is 10.4. The third-order valence-corrected chi connectivity index (χ3v) is 8.03. The fourth-order valence-corrected chi connectivity index (χ4v) is 5.66. The highest BCUT2D eigenvalue weighted by Gasteiger charge is 2.30. The van der Waals surface area contributed by atoms with Gasteiger partial charge in [0.1, 0.15) is 6.54 Å². The van der Waals surface area contributed by atoms with Gasteiger partial charge in [-0.1, -0.05) is 48.5 Å². The van der Waals surface area contributed by atoms with Crippen LogP contribution in [0.4, 0.5) is 5.69 Å². The zero-order valence-corrected chi connectivity index (χ0v) is 21.4. The van der Waals surface area contributed by atoms with Crippen LogP contribution >= 0.6 is 0 Å². The molecule has 1 heterocycles. The molecule has 9 heteroatoms. The molecule has 0 aromatic heterocycles. The van der Waals surface area contributed by atoms with Crippen molar-refractivity contribution >= 4 is 21.6 Å². The highest BCUT2D eigenvalue weighted by Crippen LogP contribution is 2.33. The first-order valence-electron chi connectivity index (χ1n) is 11.8. The molecule has 1 saturated heterocycles. The molecule has 8 nitrogen and oxygen atoms in total. The first-order valence-corrected chi connectivity index (χ1v) is 13.2. The van der Waals surface area contributed by atoms with Gasteiger partial charge in [0, 0.05) is 38.8 Å². The number of anilines is 1. The lowest BCUT2D eigenvalue weighted by Crippen LogP contribution is -2.51. The van der Waals surface area contributed by atoms with Gasteiger partial charge in [-0.25, -0.2) is 8.42 Å². The Balaban J connectivity index is 1.53. The fourth-order valence-electron chi connectivity index (χ4n) is 4.23. The molecule has 4 rings (SSSR count). The monoisotopic (exact) mass is 509 g/mol. The summed E-state index contributed by atoms with van der Waals surface area (Å²) in [5, 5.41) is 0. The molecule has 3 aromatic carbocycles. The van der Waals surface area contributed by atoms with Gasteiger partial charge in [-0.2, -0.15) is 0 Å². The molecule has 1 aliphatic heterocycles. The molecule has 0 atom stereocenters. The number of carbonyl (C=O) groups excluding carboxylic acids is 1. The number of sulfonamides is 1. The van der Waals surface area contributed by atoms with Crippen LogP contribution in [0.2, 0.25) is 0 Å². The van der Waals surface area contributed by atoms with Crippen LogP contribution in [0.25, 0.3) is 0 Å². The third kappa shape index (κ3) is 5.80. The molecular weight excluding hydrogens is 478 g/mol. The summed E-state index contributed by atoms with van der Waals surface area (Å²) in [6.45, 7) is 3.03. The Morgan fingerprint density at radius 3 is 2.06 bits per heavy atom. The number of benzene rings is 3. The van der Waals surface area contributed by atoms with E-state index < -0.39 is 10.0 Å². The average molecular weight is 510 g/mol. The summed E-state index contributed by atoms with van der Waals surface area (Å²) in [6, 6.07) is 23.2. The van der Waals surface area contributed by atoms with Crippen LogP contribution in [0.15, 0.2) is 83.8 Å². The van der Waals surface area contributed by atoms with E-state index in [2.05, 4.69) is 17.0 Å². The smallest absolute Gasteiger partial charge is 0.264 e. The molecule has 0 unspecified atom stereocenters. The zero-order valence-electron chi connectivity index (χ0n) is 20.5. The highest BCUT2D eigenvalue weighted by molar-refractivity contribution is 7.92. The molecule has 3 aromatic rings. The molecule has 190 valence electrons. The quantitative estimate of drug-likeness (QED) is 0.441. The van der Waals surface area contributed by atoms with E-state index in [1.807, 2.05) is 18.2 Å². The van der Waals surface area contributed by atoms with Crippen LogP contribution < -0.4 is 13.8 Å². The molecule has 0 N–H and O–H groups in total. The van der Waals surface area contributed by atoms with E-state index in [0.29, 0.717) is 30.3 Å². The molecule has 0 spiro atoms. The Kier molecular flexibility index (Phi) is 8.12. The van der Waals surface area contributed by atoms with Gasteiger partial charge in [0.2, 0.25) is 5.91 Å². The van der Waals surface area contributed by atoms with E-state index in [1.165, 1.54) is 31.9 Å². The van der Waals surface area contributed by atoms with Crippen molar-refractivity contribution in [1.29, 1.82) is 0 Å². The van der Waals surface area contributed by atoms with E-state index in [4.69, 9.17) is 9.47 Å². The summed E-state index contributed by atoms with van der Waals surface area (Å²) in [5.74, 6) is 0.605. The fraction of sp³-hybridized carbons (Fsp3) is 0.296.